The lowest BCUT2D eigenvalue weighted by Crippen LogP contribution is -2.11. The molecule has 0 radical (unpaired) electrons. The molecule has 2 N–H and O–H groups in total. The summed E-state index contributed by atoms with van der Waals surface area (Å²) in [6, 6.07) is 6.06. The van der Waals surface area contributed by atoms with Crippen LogP contribution in [-0.4, -0.2) is 12.3 Å². The zero-order valence-corrected chi connectivity index (χ0v) is 8.16. The lowest BCUT2D eigenvalue weighted by molar-refractivity contribution is 0.787. The minimum atomic E-state index is 0.530. The highest BCUT2D eigenvalue weighted by molar-refractivity contribution is 7.99. The molecule has 0 amide bonds. The summed E-state index contributed by atoms with van der Waals surface area (Å²) >= 11 is 7.72. The number of benzene rings is 1. The van der Waals surface area contributed by atoms with Crippen LogP contribution in [0.3, 0.4) is 0 Å². The van der Waals surface area contributed by atoms with Gasteiger partial charge in [0.05, 0.1) is 0 Å². The van der Waals surface area contributed by atoms with Gasteiger partial charge in [-0.3, -0.25) is 0 Å². The van der Waals surface area contributed by atoms with Crippen molar-refractivity contribution in [3.05, 3.63) is 28.8 Å². The summed E-state index contributed by atoms with van der Waals surface area (Å²) in [6.07, 6.45) is 0. The molecule has 1 unspecified atom stereocenters. The Bertz CT molecular complexity index is 301. The molecule has 0 saturated carbocycles. The minimum absolute atomic E-state index is 0.530. The maximum Gasteiger partial charge on any atom is 0.0417 e. The van der Waals surface area contributed by atoms with Crippen molar-refractivity contribution in [2.75, 3.05) is 12.3 Å². The van der Waals surface area contributed by atoms with E-state index in [4.69, 9.17) is 17.3 Å². The summed E-state index contributed by atoms with van der Waals surface area (Å²) in [4.78, 5) is 1.30. The molecule has 1 heterocycles. The number of rotatable bonds is 1. The van der Waals surface area contributed by atoms with Crippen molar-refractivity contribution in [1.82, 2.24) is 0 Å². The van der Waals surface area contributed by atoms with Gasteiger partial charge in [-0.1, -0.05) is 17.7 Å². The van der Waals surface area contributed by atoms with E-state index in [0.717, 1.165) is 17.3 Å². The molecule has 0 aliphatic carbocycles. The van der Waals surface area contributed by atoms with Crippen molar-refractivity contribution in [2.45, 2.75) is 10.8 Å². The lowest BCUT2D eigenvalue weighted by Gasteiger charge is -2.05. The first-order valence-electron chi connectivity index (χ1n) is 3.93. The zero-order chi connectivity index (χ0) is 8.55. The summed E-state index contributed by atoms with van der Waals surface area (Å²) in [5.74, 6) is 1.63. The van der Waals surface area contributed by atoms with E-state index in [2.05, 4.69) is 6.07 Å². The van der Waals surface area contributed by atoms with Gasteiger partial charge in [-0.25, -0.2) is 0 Å². The van der Waals surface area contributed by atoms with Crippen LogP contribution in [-0.2, 0) is 0 Å². The number of fused-ring (bicyclic) bond motifs is 1. The second-order valence-electron chi connectivity index (χ2n) is 2.93. The molecule has 1 aliphatic rings. The van der Waals surface area contributed by atoms with Crippen LogP contribution in [0.1, 0.15) is 11.5 Å². The van der Waals surface area contributed by atoms with Gasteiger partial charge < -0.3 is 5.73 Å². The molecule has 1 atom stereocenters. The Morgan fingerprint density at radius 2 is 2.42 bits per heavy atom. The summed E-state index contributed by atoms with van der Waals surface area (Å²) in [5.41, 5.74) is 7.01. The first-order chi connectivity index (χ1) is 5.81. The highest BCUT2D eigenvalue weighted by Crippen LogP contribution is 2.39. The molecule has 0 bridgehead atoms. The predicted molar refractivity (Wildman–Crippen MR) is 54.0 cm³/mol. The Morgan fingerprint density at radius 1 is 1.58 bits per heavy atom. The van der Waals surface area contributed by atoms with Crippen LogP contribution in [0.15, 0.2) is 23.1 Å². The van der Waals surface area contributed by atoms with E-state index >= 15 is 0 Å². The summed E-state index contributed by atoms with van der Waals surface area (Å²) in [7, 11) is 0. The standard InChI is InChI=1S/C9H10ClNS/c10-7-1-2-8-6(4-11)5-12-9(8)3-7/h1-3,6H,4-5,11H2. The van der Waals surface area contributed by atoms with Crippen LogP contribution in [0.5, 0.6) is 0 Å². The molecule has 0 spiro atoms. The summed E-state index contributed by atoms with van der Waals surface area (Å²) < 4.78 is 0. The number of hydrogen-bond donors (Lipinski definition) is 1. The van der Waals surface area contributed by atoms with Gasteiger partial charge in [0.25, 0.3) is 0 Å². The predicted octanol–water partition coefficient (Wildman–Crippen LogP) is 2.49. The molecule has 1 aromatic carbocycles. The van der Waals surface area contributed by atoms with E-state index in [-0.39, 0.29) is 0 Å². The van der Waals surface area contributed by atoms with Crippen LogP contribution in [0.25, 0.3) is 0 Å². The molecule has 1 nitrogen and oxygen atoms in total. The topological polar surface area (TPSA) is 26.0 Å². The molecule has 12 heavy (non-hydrogen) atoms. The Labute approximate surface area is 81.3 Å². The third-order valence-corrected chi connectivity index (χ3v) is 3.61. The monoisotopic (exact) mass is 199 g/mol. The van der Waals surface area contributed by atoms with Gasteiger partial charge in [0.2, 0.25) is 0 Å². The molecule has 64 valence electrons. The third kappa shape index (κ3) is 1.35. The van der Waals surface area contributed by atoms with Gasteiger partial charge >= 0.3 is 0 Å². The maximum atomic E-state index is 5.87. The number of nitrogens with two attached hydrogens (primary N) is 1. The van der Waals surface area contributed by atoms with Crippen LogP contribution >= 0.6 is 23.4 Å². The largest absolute Gasteiger partial charge is 0.330 e. The number of hydrogen-bond acceptors (Lipinski definition) is 2. The van der Waals surface area contributed by atoms with Crippen molar-refractivity contribution in [2.24, 2.45) is 5.73 Å². The molecule has 0 saturated heterocycles. The SMILES string of the molecule is NCC1CSc2cc(Cl)ccc21. The average Bonchev–Trinajstić information content (AvgIpc) is 2.46. The van der Waals surface area contributed by atoms with Crippen LogP contribution in [0, 0.1) is 0 Å². The highest BCUT2D eigenvalue weighted by atomic mass is 35.5. The fourth-order valence-electron chi connectivity index (χ4n) is 1.45. The second-order valence-corrected chi connectivity index (χ2v) is 4.42. The van der Waals surface area contributed by atoms with Crippen LogP contribution in [0.2, 0.25) is 5.02 Å². The zero-order valence-electron chi connectivity index (χ0n) is 6.59. The normalized spacial score (nSPS) is 21.0. The van der Waals surface area contributed by atoms with E-state index in [1.54, 1.807) is 0 Å². The summed E-state index contributed by atoms with van der Waals surface area (Å²) in [6.45, 7) is 0.738. The quantitative estimate of drug-likeness (QED) is 0.752. The first-order valence-corrected chi connectivity index (χ1v) is 5.30. The molecular formula is C9H10ClNS. The molecule has 2 rings (SSSR count). The average molecular weight is 200 g/mol. The minimum Gasteiger partial charge on any atom is -0.330 e. The van der Waals surface area contributed by atoms with Crippen molar-refractivity contribution >= 4 is 23.4 Å². The van der Waals surface area contributed by atoms with E-state index in [0.29, 0.717) is 5.92 Å². The van der Waals surface area contributed by atoms with Gasteiger partial charge in [0, 0.05) is 28.1 Å². The van der Waals surface area contributed by atoms with Gasteiger partial charge in [-0.05, 0) is 17.7 Å². The van der Waals surface area contributed by atoms with E-state index in [9.17, 15) is 0 Å². The van der Waals surface area contributed by atoms with E-state index in [1.165, 1.54) is 10.5 Å². The van der Waals surface area contributed by atoms with Crippen LogP contribution in [0.4, 0.5) is 0 Å². The van der Waals surface area contributed by atoms with Gasteiger partial charge in [-0.15, -0.1) is 11.8 Å². The van der Waals surface area contributed by atoms with Crippen molar-refractivity contribution in [3.8, 4) is 0 Å². The molecule has 1 aliphatic heterocycles. The lowest BCUT2D eigenvalue weighted by atomic mass is 10.0. The second kappa shape index (κ2) is 3.29. The third-order valence-electron chi connectivity index (χ3n) is 2.14. The maximum absolute atomic E-state index is 5.87. The first kappa shape index (κ1) is 8.42. The molecular weight excluding hydrogens is 190 g/mol. The Hall–Kier alpha value is -0.180. The fraction of sp³-hybridized carbons (Fsp3) is 0.333. The number of thioether (sulfide) groups is 1. The van der Waals surface area contributed by atoms with Crippen LogP contribution < -0.4 is 5.73 Å². The molecule has 3 heteroatoms. The van der Waals surface area contributed by atoms with E-state index < -0.39 is 0 Å². The fourth-order valence-corrected chi connectivity index (χ4v) is 2.99. The Kier molecular flexibility index (Phi) is 2.31. The van der Waals surface area contributed by atoms with Crippen molar-refractivity contribution in [3.63, 3.8) is 0 Å². The number of halogens is 1. The van der Waals surface area contributed by atoms with Gasteiger partial charge in [0.15, 0.2) is 0 Å². The smallest absolute Gasteiger partial charge is 0.0417 e. The van der Waals surface area contributed by atoms with Gasteiger partial charge in [-0.2, -0.15) is 0 Å². The molecule has 1 aromatic rings. The summed E-state index contributed by atoms with van der Waals surface area (Å²) in [5, 5.41) is 0.818. The Balaban J connectivity index is 2.40. The molecule has 0 aromatic heterocycles. The molecule has 0 fully saturated rings. The highest BCUT2D eigenvalue weighted by Gasteiger charge is 2.21. The van der Waals surface area contributed by atoms with E-state index in [1.807, 2.05) is 23.9 Å². The van der Waals surface area contributed by atoms with Gasteiger partial charge in [0.1, 0.15) is 0 Å². The Morgan fingerprint density at radius 3 is 3.17 bits per heavy atom. The van der Waals surface area contributed by atoms with Crippen molar-refractivity contribution < 1.29 is 0 Å². The van der Waals surface area contributed by atoms with Crippen molar-refractivity contribution in [1.29, 1.82) is 0 Å².